The Balaban J connectivity index is 0.00000363. The Hall–Kier alpha value is -1.40. The van der Waals surface area contributed by atoms with Crippen LogP contribution >= 0.6 is 24.0 Å². The van der Waals surface area contributed by atoms with E-state index in [2.05, 4.69) is 34.5 Å². The molecule has 1 atom stereocenters. The molecule has 0 aromatic heterocycles. The van der Waals surface area contributed by atoms with Crippen molar-refractivity contribution in [2.75, 3.05) is 58.4 Å². The van der Waals surface area contributed by atoms with Gasteiger partial charge in [-0.25, -0.2) is 0 Å². The molecule has 2 heterocycles. The number of hydrogen-bond donors (Lipinski definition) is 2. The van der Waals surface area contributed by atoms with Crippen LogP contribution in [-0.4, -0.2) is 82.5 Å². The Kier molecular flexibility index (Phi) is 10.7. The molecule has 2 saturated heterocycles. The largest absolute Gasteiger partial charge is 0.433 e. The van der Waals surface area contributed by atoms with Crippen molar-refractivity contribution in [3.05, 3.63) is 24.3 Å². The molecule has 1 aromatic carbocycles. The highest BCUT2D eigenvalue weighted by atomic mass is 127. The summed E-state index contributed by atoms with van der Waals surface area (Å²) in [5, 5.41) is 6.88. The second-order valence-electron chi connectivity index (χ2n) is 8.35. The van der Waals surface area contributed by atoms with E-state index in [0.717, 1.165) is 51.5 Å². The summed E-state index contributed by atoms with van der Waals surface area (Å²) in [6.07, 6.45) is 2.81. The van der Waals surface area contributed by atoms with E-state index in [1.54, 1.807) is 12.1 Å². The number of nitrogens with one attached hydrogen (secondary N) is 2. The second kappa shape index (κ2) is 12.7. The van der Waals surface area contributed by atoms with Crippen molar-refractivity contribution >= 4 is 35.6 Å². The van der Waals surface area contributed by atoms with Gasteiger partial charge in [0.15, 0.2) is 5.96 Å². The molecular weight excluding hydrogens is 531 g/mol. The maximum atomic E-state index is 12.8. The number of halogens is 3. The van der Waals surface area contributed by atoms with Gasteiger partial charge >= 0.3 is 6.61 Å². The standard InChI is InChI=1S/C22H35F2N5O2.HI/c1-4-25-21(26-16-22(28(2)3)10-13-30-14-11-22)27-17-9-12-29(15-17)18-7-5-6-8-19(18)31-20(23)24;/h5-8,17,20H,4,9-16H2,1-3H3,(H2,25,26,27);1H. The molecule has 2 N–H and O–H groups in total. The van der Waals surface area contributed by atoms with Crippen LogP contribution in [0.15, 0.2) is 29.3 Å². The minimum Gasteiger partial charge on any atom is -0.433 e. The molecule has 0 amide bonds. The second-order valence-corrected chi connectivity index (χ2v) is 8.35. The molecule has 2 aliphatic heterocycles. The van der Waals surface area contributed by atoms with Crippen LogP contribution in [0.3, 0.4) is 0 Å². The van der Waals surface area contributed by atoms with Gasteiger partial charge in [0.1, 0.15) is 5.75 Å². The maximum Gasteiger partial charge on any atom is 0.387 e. The fraction of sp³-hybridized carbons (Fsp3) is 0.682. The van der Waals surface area contributed by atoms with Crippen LogP contribution in [0.2, 0.25) is 0 Å². The van der Waals surface area contributed by atoms with Gasteiger partial charge < -0.3 is 29.9 Å². The van der Waals surface area contributed by atoms with Gasteiger partial charge in [0, 0.05) is 44.4 Å². The van der Waals surface area contributed by atoms with Crippen LogP contribution in [0, 0.1) is 0 Å². The molecule has 0 saturated carbocycles. The number of anilines is 1. The first-order valence-corrected chi connectivity index (χ1v) is 11.0. The molecule has 2 fully saturated rings. The van der Waals surface area contributed by atoms with Crippen molar-refractivity contribution in [1.29, 1.82) is 0 Å². The minimum absolute atomic E-state index is 0. The van der Waals surface area contributed by atoms with Crippen LogP contribution in [0.1, 0.15) is 26.2 Å². The Morgan fingerprint density at radius 2 is 2.03 bits per heavy atom. The number of alkyl halides is 2. The molecule has 0 radical (unpaired) electrons. The highest BCUT2D eigenvalue weighted by Crippen LogP contribution is 2.32. The number of para-hydroxylation sites is 2. The minimum atomic E-state index is -2.83. The summed E-state index contributed by atoms with van der Waals surface area (Å²) in [6.45, 7) is 3.66. The van der Waals surface area contributed by atoms with Crippen LogP contribution in [0.4, 0.5) is 14.5 Å². The third-order valence-corrected chi connectivity index (χ3v) is 6.20. The average Bonchev–Trinajstić information content (AvgIpc) is 3.21. The summed E-state index contributed by atoms with van der Waals surface area (Å²) < 4.78 is 35.8. The average molecular weight is 567 g/mol. The van der Waals surface area contributed by atoms with E-state index < -0.39 is 6.61 Å². The lowest BCUT2D eigenvalue weighted by atomic mass is 9.89. The molecule has 182 valence electrons. The van der Waals surface area contributed by atoms with Gasteiger partial charge in [0.2, 0.25) is 0 Å². The third-order valence-electron chi connectivity index (χ3n) is 6.20. The summed E-state index contributed by atoms with van der Waals surface area (Å²) in [7, 11) is 4.21. The van der Waals surface area contributed by atoms with Crippen LogP contribution < -0.4 is 20.3 Å². The zero-order chi connectivity index (χ0) is 22.3. The zero-order valence-corrected chi connectivity index (χ0v) is 21.5. The smallest absolute Gasteiger partial charge is 0.387 e. The van der Waals surface area contributed by atoms with Gasteiger partial charge in [0.25, 0.3) is 0 Å². The first-order chi connectivity index (χ1) is 14.9. The molecule has 2 aliphatic rings. The van der Waals surface area contributed by atoms with Crippen molar-refractivity contribution in [3.63, 3.8) is 0 Å². The van der Waals surface area contributed by atoms with E-state index in [1.807, 2.05) is 19.1 Å². The highest BCUT2D eigenvalue weighted by Gasteiger charge is 2.35. The third kappa shape index (κ3) is 7.05. The number of nitrogens with zero attached hydrogens (tertiary/aromatic N) is 3. The van der Waals surface area contributed by atoms with Gasteiger partial charge in [0.05, 0.1) is 12.2 Å². The van der Waals surface area contributed by atoms with Gasteiger partial charge in [-0.3, -0.25) is 4.99 Å². The maximum absolute atomic E-state index is 12.8. The molecule has 32 heavy (non-hydrogen) atoms. The number of ether oxygens (including phenoxy) is 2. The Labute approximate surface area is 206 Å². The molecule has 7 nitrogen and oxygen atoms in total. The van der Waals surface area contributed by atoms with Gasteiger partial charge in [-0.2, -0.15) is 8.78 Å². The van der Waals surface area contributed by atoms with Crippen molar-refractivity contribution in [2.24, 2.45) is 4.99 Å². The van der Waals surface area contributed by atoms with Crippen LogP contribution in [-0.2, 0) is 4.74 Å². The van der Waals surface area contributed by atoms with Crippen molar-refractivity contribution in [3.8, 4) is 5.75 Å². The summed E-state index contributed by atoms with van der Waals surface area (Å²) in [4.78, 5) is 9.25. The first kappa shape index (κ1) is 26.8. The molecule has 0 aliphatic carbocycles. The SMILES string of the molecule is CCNC(=NCC1(N(C)C)CCOCC1)NC1CCN(c2ccccc2OC(F)F)C1.I. The normalized spacial score (nSPS) is 20.9. The Morgan fingerprint density at radius 1 is 1.31 bits per heavy atom. The quantitative estimate of drug-likeness (QED) is 0.286. The van der Waals surface area contributed by atoms with Crippen LogP contribution in [0.5, 0.6) is 5.75 Å². The summed E-state index contributed by atoms with van der Waals surface area (Å²) in [5.74, 6) is 1.00. The number of rotatable bonds is 8. The number of guanidine groups is 1. The number of likely N-dealkylation sites (N-methyl/N-ethyl adjacent to an activating group) is 1. The fourth-order valence-electron chi connectivity index (χ4n) is 4.25. The van der Waals surface area contributed by atoms with E-state index in [1.165, 1.54) is 0 Å². The summed E-state index contributed by atoms with van der Waals surface area (Å²) in [5.41, 5.74) is 0.705. The van der Waals surface area contributed by atoms with Crippen molar-refractivity contribution in [1.82, 2.24) is 15.5 Å². The predicted molar refractivity (Wildman–Crippen MR) is 135 cm³/mol. The lowest BCUT2D eigenvalue weighted by molar-refractivity contribution is -0.0495. The monoisotopic (exact) mass is 567 g/mol. The molecule has 0 bridgehead atoms. The van der Waals surface area contributed by atoms with E-state index in [4.69, 9.17) is 14.5 Å². The van der Waals surface area contributed by atoms with Crippen LogP contribution in [0.25, 0.3) is 0 Å². The molecule has 3 rings (SSSR count). The topological polar surface area (TPSA) is 61.4 Å². The molecular formula is C22H36F2IN5O2. The molecule has 0 spiro atoms. The number of aliphatic imine (C=N–C) groups is 1. The van der Waals surface area contributed by atoms with Crippen molar-refractivity contribution < 1.29 is 18.3 Å². The highest BCUT2D eigenvalue weighted by molar-refractivity contribution is 14.0. The van der Waals surface area contributed by atoms with Crippen molar-refractivity contribution in [2.45, 2.75) is 44.4 Å². The molecule has 1 unspecified atom stereocenters. The first-order valence-electron chi connectivity index (χ1n) is 11.0. The lowest BCUT2D eigenvalue weighted by Crippen LogP contribution is -2.52. The van der Waals surface area contributed by atoms with E-state index in [9.17, 15) is 8.78 Å². The van der Waals surface area contributed by atoms with Gasteiger partial charge in [-0.1, -0.05) is 12.1 Å². The van der Waals surface area contributed by atoms with E-state index in [-0.39, 0.29) is 41.3 Å². The van der Waals surface area contributed by atoms with E-state index in [0.29, 0.717) is 18.8 Å². The van der Waals surface area contributed by atoms with E-state index >= 15 is 0 Å². The number of hydrogen-bond acceptors (Lipinski definition) is 5. The summed E-state index contributed by atoms with van der Waals surface area (Å²) in [6, 6.07) is 7.13. The molecule has 10 heteroatoms. The molecule has 1 aromatic rings. The number of benzene rings is 1. The Morgan fingerprint density at radius 3 is 2.69 bits per heavy atom. The van der Waals surface area contributed by atoms with Gasteiger partial charge in [-0.05, 0) is 52.4 Å². The Bertz CT molecular complexity index is 732. The summed E-state index contributed by atoms with van der Waals surface area (Å²) >= 11 is 0. The predicted octanol–water partition coefficient (Wildman–Crippen LogP) is 3.15. The zero-order valence-electron chi connectivity index (χ0n) is 19.2. The van der Waals surface area contributed by atoms with Gasteiger partial charge in [-0.15, -0.1) is 24.0 Å². The fourth-order valence-corrected chi connectivity index (χ4v) is 4.25. The lowest BCUT2D eigenvalue weighted by Gasteiger charge is -2.41.